The van der Waals surface area contributed by atoms with Crippen molar-refractivity contribution in [3.05, 3.63) is 83.9 Å². The number of nitriles is 1. The molecule has 1 amide bonds. The third kappa shape index (κ3) is 5.81. The molecule has 0 aliphatic heterocycles. The lowest BCUT2D eigenvalue weighted by atomic mass is 10.1. The van der Waals surface area contributed by atoms with Gasteiger partial charge in [0.2, 0.25) is 5.91 Å². The Kier molecular flexibility index (Phi) is 7.31. The summed E-state index contributed by atoms with van der Waals surface area (Å²) in [5, 5.41) is 8.75. The van der Waals surface area contributed by atoms with Gasteiger partial charge in [-0.2, -0.15) is 5.26 Å². The summed E-state index contributed by atoms with van der Waals surface area (Å²) < 4.78 is 0. The van der Waals surface area contributed by atoms with Crippen LogP contribution in [0.3, 0.4) is 0 Å². The largest absolute Gasteiger partial charge is 0.334 e. The van der Waals surface area contributed by atoms with Crippen LogP contribution in [0.25, 0.3) is 0 Å². The average Bonchev–Trinajstić information content (AvgIpc) is 2.66. The molecule has 25 heavy (non-hydrogen) atoms. The van der Waals surface area contributed by atoms with E-state index in [9.17, 15) is 4.79 Å². The highest BCUT2D eigenvalue weighted by Gasteiger charge is 2.20. The summed E-state index contributed by atoms with van der Waals surface area (Å²) in [6, 6.07) is 19.6. The van der Waals surface area contributed by atoms with Crippen molar-refractivity contribution in [2.24, 2.45) is 0 Å². The van der Waals surface area contributed by atoms with Crippen molar-refractivity contribution in [1.29, 1.82) is 5.26 Å². The third-order valence-corrected chi connectivity index (χ3v) is 5.01. The van der Waals surface area contributed by atoms with E-state index in [1.165, 1.54) is 5.56 Å². The predicted octanol–water partition coefficient (Wildman–Crippen LogP) is 4.39. The highest BCUT2D eigenvalue weighted by Crippen LogP contribution is 2.20. The molecule has 0 saturated carbocycles. The van der Waals surface area contributed by atoms with Gasteiger partial charge in [-0.25, -0.2) is 0 Å². The zero-order valence-electron chi connectivity index (χ0n) is 14.4. The van der Waals surface area contributed by atoms with E-state index < -0.39 is 0 Å². The summed E-state index contributed by atoms with van der Waals surface area (Å²) in [6.45, 7) is 6.74. The summed E-state index contributed by atoms with van der Waals surface area (Å²) in [7, 11) is 0. The molecular formula is C21H22N2OS. The van der Waals surface area contributed by atoms with Crippen LogP contribution >= 0.6 is 11.8 Å². The van der Waals surface area contributed by atoms with E-state index in [0.717, 1.165) is 11.3 Å². The number of amides is 1. The summed E-state index contributed by atoms with van der Waals surface area (Å²) >= 11 is 1.64. The van der Waals surface area contributed by atoms with E-state index in [2.05, 4.69) is 24.8 Å². The first-order valence-electron chi connectivity index (χ1n) is 8.18. The minimum atomic E-state index is -0.126. The highest BCUT2D eigenvalue weighted by molar-refractivity contribution is 7.99. The van der Waals surface area contributed by atoms with Crippen LogP contribution < -0.4 is 0 Å². The van der Waals surface area contributed by atoms with E-state index in [-0.39, 0.29) is 11.2 Å². The number of carbonyl (C=O) groups excluding carboxylic acids is 1. The SMILES string of the molecule is C=CCN(Cc1ccc(C#N)cc1)C(=O)C(C)SCc1ccccc1. The molecule has 0 saturated heterocycles. The molecule has 0 bridgehead atoms. The first-order chi connectivity index (χ1) is 12.1. The van der Waals surface area contributed by atoms with Crippen LogP contribution in [-0.2, 0) is 17.1 Å². The molecule has 1 unspecified atom stereocenters. The molecule has 4 heteroatoms. The maximum Gasteiger partial charge on any atom is 0.235 e. The Morgan fingerprint density at radius 1 is 1.20 bits per heavy atom. The normalized spacial score (nSPS) is 11.4. The Balaban J connectivity index is 1.98. The molecular weight excluding hydrogens is 328 g/mol. The molecule has 0 aromatic heterocycles. The zero-order chi connectivity index (χ0) is 18.1. The first-order valence-corrected chi connectivity index (χ1v) is 9.23. The van der Waals surface area contributed by atoms with Crippen molar-refractivity contribution in [2.45, 2.75) is 24.5 Å². The minimum absolute atomic E-state index is 0.102. The second kappa shape index (κ2) is 9.71. The number of benzene rings is 2. The average molecular weight is 350 g/mol. The molecule has 0 radical (unpaired) electrons. The Bertz CT molecular complexity index is 735. The van der Waals surface area contributed by atoms with Gasteiger partial charge in [-0.3, -0.25) is 4.79 Å². The van der Waals surface area contributed by atoms with Gasteiger partial charge in [0.15, 0.2) is 0 Å². The number of hydrogen-bond acceptors (Lipinski definition) is 3. The van der Waals surface area contributed by atoms with Crippen LogP contribution in [0.15, 0.2) is 67.3 Å². The molecule has 0 spiro atoms. The number of hydrogen-bond donors (Lipinski definition) is 0. The predicted molar refractivity (Wildman–Crippen MR) is 104 cm³/mol. The standard InChI is InChI=1S/C21H22N2OS/c1-3-13-23(15-19-11-9-18(14-22)10-12-19)21(24)17(2)25-16-20-7-5-4-6-8-20/h3-12,17H,1,13,15-16H2,2H3. The lowest BCUT2D eigenvalue weighted by Crippen LogP contribution is -2.36. The highest BCUT2D eigenvalue weighted by atomic mass is 32.2. The van der Waals surface area contributed by atoms with E-state index in [0.29, 0.717) is 18.7 Å². The Labute approximate surface area is 154 Å². The summed E-state index contributed by atoms with van der Waals surface area (Å²) in [6.07, 6.45) is 1.75. The number of rotatable bonds is 8. The van der Waals surface area contributed by atoms with Gasteiger partial charge in [0, 0.05) is 18.8 Å². The van der Waals surface area contributed by atoms with Crippen molar-refractivity contribution >= 4 is 17.7 Å². The van der Waals surface area contributed by atoms with Crippen molar-refractivity contribution in [3.8, 4) is 6.07 Å². The smallest absolute Gasteiger partial charge is 0.235 e. The van der Waals surface area contributed by atoms with Gasteiger partial charge >= 0.3 is 0 Å². The van der Waals surface area contributed by atoms with E-state index in [4.69, 9.17) is 5.26 Å². The number of carbonyl (C=O) groups is 1. The molecule has 0 fully saturated rings. The van der Waals surface area contributed by atoms with Gasteiger partial charge in [0.1, 0.15) is 0 Å². The van der Waals surface area contributed by atoms with Gasteiger partial charge in [-0.1, -0.05) is 48.5 Å². The van der Waals surface area contributed by atoms with Crippen molar-refractivity contribution in [1.82, 2.24) is 4.90 Å². The van der Waals surface area contributed by atoms with Crippen molar-refractivity contribution < 1.29 is 4.79 Å². The van der Waals surface area contributed by atoms with E-state index in [1.54, 1.807) is 34.9 Å². The molecule has 0 aliphatic rings. The topological polar surface area (TPSA) is 44.1 Å². The molecule has 0 heterocycles. The van der Waals surface area contributed by atoms with E-state index >= 15 is 0 Å². The fourth-order valence-corrected chi connectivity index (χ4v) is 3.34. The summed E-state index contributed by atoms with van der Waals surface area (Å²) in [5.74, 6) is 0.914. The molecule has 0 aliphatic carbocycles. The van der Waals surface area contributed by atoms with Gasteiger partial charge in [-0.05, 0) is 30.2 Å². The minimum Gasteiger partial charge on any atom is -0.334 e. The lowest BCUT2D eigenvalue weighted by molar-refractivity contribution is -0.130. The molecule has 0 N–H and O–H groups in total. The Morgan fingerprint density at radius 2 is 1.88 bits per heavy atom. The van der Waals surface area contributed by atoms with Crippen LogP contribution in [0.5, 0.6) is 0 Å². The second-order valence-electron chi connectivity index (χ2n) is 5.75. The third-order valence-electron chi connectivity index (χ3n) is 3.81. The maximum absolute atomic E-state index is 12.8. The van der Waals surface area contributed by atoms with Crippen LogP contribution in [0.2, 0.25) is 0 Å². The maximum atomic E-state index is 12.8. The molecule has 2 aromatic carbocycles. The molecule has 1 atom stereocenters. The van der Waals surface area contributed by atoms with Crippen molar-refractivity contribution in [2.75, 3.05) is 6.54 Å². The van der Waals surface area contributed by atoms with Gasteiger partial charge in [0.05, 0.1) is 16.9 Å². The van der Waals surface area contributed by atoms with Gasteiger partial charge < -0.3 is 4.90 Å². The molecule has 3 nitrogen and oxygen atoms in total. The van der Waals surface area contributed by atoms with Crippen LogP contribution in [0, 0.1) is 11.3 Å². The first kappa shape index (κ1) is 18.8. The fourth-order valence-electron chi connectivity index (χ4n) is 2.42. The molecule has 128 valence electrons. The zero-order valence-corrected chi connectivity index (χ0v) is 15.2. The number of thioether (sulfide) groups is 1. The van der Waals surface area contributed by atoms with E-state index in [1.807, 2.05) is 37.3 Å². The Hall–Kier alpha value is -2.51. The summed E-state index contributed by atoms with van der Waals surface area (Å²) in [4.78, 5) is 14.6. The fraction of sp³-hybridized carbons (Fsp3) is 0.238. The number of nitrogens with zero attached hydrogens (tertiary/aromatic N) is 2. The van der Waals surface area contributed by atoms with Gasteiger partial charge in [0.25, 0.3) is 0 Å². The van der Waals surface area contributed by atoms with Crippen molar-refractivity contribution in [3.63, 3.8) is 0 Å². The molecule has 2 aromatic rings. The Morgan fingerprint density at radius 3 is 2.48 bits per heavy atom. The second-order valence-corrected chi connectivity index (χ2v) is 7.08. The quantitative estimate of drug-likeness (QED) is 0.663. The molecule has 2 rings (SSSR count). The van der Waals surface area contributed by atoms with Crippen LogP contribution in [-0.4, -0.2) is 22.6 Å². The monoisotopic (exact) mass is 350 g/mol. The van der Waals surface area contributed by atoms with Crippen LogP contribution in [0.1, 0.15) is 23.6 Å². The lowest BCUT2D eigenvalue weighted by Gasteiger charge is -2.24. The van der Waals surface area contributed by atoms with Gasteiger partial charge in [-0.15, -0.1) is 18.3 Å². The van der Waals surface area contributed by atoms with Crippen LogP contribution in [0.4, 0.5) is 0 Å². The summed E-state index contributed by atoms with van der Waals surface area (Å²) in [5.41, 5.74) is 2.85.